The third-order valence-corrected chi connectivity index (χ3v) is 5.22. The number of hydrogen-bond donors (Lipinski definition) is 1. The topological polar surface area (TPSA) is 40.6 Å². The molecular weight excluding hydrogens is 405 g/mol. The Balaban J connectivity index is 1.70. The second kappa shape index (κ2) is 7.18. The van der Waals surface area contributed by atoms with Gasteiger partial charge < -0.3 is 15.1 Å². The minimum absolute atomic E-state index is 0.0635. The molecule has 2 aliphatic rings. The summed E-state index contributed by atoms with van der Waals surface area (Å²) in [6.07, 6.45) is 0.974. The molecular formula is C20H18ClF3N4O. The van der Waals surface area contributed by atoms with Crippen molar-refractivity contribution in [2.24, 2.45) is 0 Å². The first-order valence-corrected chi connectivity index (χ1v) is 9.27. The van der Waals surface area contributed by atoms with Gasteiger partial charge in [0.15, 0.2) is 0 Å². The van der Waals surface area contributed by atoms with Crippen LogP contribution in [0.4, 0.5) is 18.9 Å². The van der Waals surface area contributed by atoms with Gasteiger partial charge in [0.1, 0.15) is 0 Å². The van der Waals surface area contributed by atoms with Gasteiger partial charge in [-0.3, -0.25) is 5.01 Å². The third kappa shape index (κ3) is 3.60. The monoisotopic (exact) mass is 422 g/mol. The number of rotatable bonds is 3. The highest BCUT2D eigenvalue weighted by Gasteiger charge is 2.35. The quantitative estimate of drug-likeness (QED) is 0.778. The number of allylic oxidation sites excluding steroid dienone is 1. The molecule has 0 unspecified atom stereocenters. The number of ether oxygens (including phenoxy) is 1. The molecule has 3 heterocycles. The van der Waals surface area contributed by atoms with Crippen LogP contribution < -0.4 is 15.1 Å². The van der Waals surface area contributed by atoms with Crippen LogP contribution in [-0.4, -0.2) is 29.7 Å². The number of hydrazine groups is 1. The number of halogens is 4. The van der Waals surface area contributed by atoms with Gasteiger partial charge in [0.2, 0.25) is 5.88 Å². The molecule has 1 aromatic heterocycles. The van der Waals surface area contributed by atoms with Crippen LogP contribution in [0, 0.1) is 0 Å². The van der Waals surface area contributed by atoms with Crippen LogP contribution in [0.25, 0.3) is 5.57 Å². The van der Waals surface area contributed by atoms with Crippen molar-refractivity contribution >= 4 is 22.9 Å². The molecule has 2 aliphatic heterocycles. The van der Waals surface area contributed by atoms with E-state index in [4.69, 9.17) is 16.3 Å². The molecule has 0 bridgehead atoms. The van der Waals surface area contributed by atoms with Gasteiger partial charge in [0.05, 0.1) is 29.4 Å². The molecule has 9 heteroatoms. The number of methoxy groups -OCH3 is 1. The van der Waals surface area contributed by atoms with Crippen molar-refractivity contribution in [2.75, 3.05) is 18.6 Å². The van der Waals surface area contributed by atoms with Gasteiger partial charge in [-0.15, -0.1) is 0 Å². The first-order chi connectivity index (χ1) is 13.8. The highest BCUT2D eigenvalue weighted by molar-refractivity contribution is 6.31. The molecule has 2 aromatic rings. The lowest BCUT2D eigenvalue weighted by molar-refractivity contribution is -0.137. The predicted molar refractivity (Wildman–Crippen MR) is 105 cm³/mol. The van der Waals surface area contributed by atoms with E-state index in [0.717, 1.165) is 22.9 Å². The Labute approximate surface area is 171 Å². The van der Waals surface area contributed by atoms with Crippen LogP contribution in [0.15, 0.2) is 54.6 Å². The van der Waals surface area contributed by atoms with Gasteiger partial charge in [-0.1, -0.05) is 11.6 Å². The van der Waals surface area contributed by atoms with E-state index in [1.54, 1.807) is 13.3 Å². The van der Waals surface area contributed by atoms with Gasteiger partial charge in [-0.2, -0.15) is 13.2 Å². The molecule has 0 fully saturated rings. The average Bonchev–Trinajstić information content (AvgIpc) is 3.11. The van der Waals surface area contributed by atoms with E-state index in [1.165, 1.54) is 12.1 Å². The Hall–Kier alpha value is -2.87. The molecule has 1 aromatic carbocycles. The van der Waals surface area contributed by atoms with E-state index < -0.39 is 11.7 Å². The molecule has 0 saturated heterocycles. The normalized spacial score (nSPS) is 18.8. The second-order valence-electron chi connectivity index (χ2n) is 6.82. The van der Waals surface area contributed by atoms with E-state index in [2.05, 4.69) is 10.4 Å². The highest BCUT2D eigenvalue weighted by Crippen LogP contribution is 2.39. The first-order valence-electron chi connectivity index (χ1n) is 8.89. The zero-order valence-electron chi connectivity index (χ0n) is 15.7. The second-order valence-corrected chi connectivity index (χ2v) is 7.23. The van der Waals surface area contributed by atoms with Crippen LogP contribution in [0.3, 0.4) is 0 Å². The number of anilines is 1. The Bertz CT molecular complexity index is 1010. The first kappa shape index (κ1) is 19.4. The van der Waals surface area contributed by atoms with E-state index in [0.29, 0.717) is 18.1 Å². The summed E-state index contributed by atoms with van der Waals surface area (Å²) in [5.74, 6) is 0.498. The highest BCUT2D eigenvalue weighted by atomic mass is 35.5. The Morgan fingerprint density at radius 2 is 2.03 bits per heavy atom. The summed E-state index contributed by atoms with van der Waals surface area (Å²) in [4.78, 5) is 6.03. The molecule has 0 saturated carbocycles. The van der Waals surface area contributed by atoms with Crippen LogP contribution >= 0.6 is 11.6 Å². The molecule has 29 heavy (non-hydrogen) atoms. The molecule has 4 rings (SSSR count). The number of nitrogens with zero attached hydrogens (tertiary/aromatic N) is 3. The zero-order valence-corrected chi connectivity index (χ0v) is 16.4. The molecule has 1 atom stereocenters. The van der Waals surface area contributed by atoms with E-state index in [1.807, 2.05) is 41.4 Å². The van der Waals surface area contributed by atoms with Crippen LogP contribution in [0.2, 0.25) is 5.02 Å². The number of hydrogen-bond acceptors (Lipinski definition) is 5. The fourth-order valence-electron chi connectivity index (χ4n) is 3.48. The van der Waals surface area contributed by atoms with Crippen LogP contribution in [0.5, 0.6) is 5.88 Å². The van der Waals surface area contributed by atoms with Crippen molar-refractivity contribution in [2.45, 2.75) is 19.1 Å². The average molecular weight is 423 g/mol. The lowest BCUT2D eigenvalue weighted by atomic mass is 10.0. The molecule has 0 aliphatic carbocycles. The molecule has 0 spiro atoms. The van der Waals surface area contributed by atoms with Crippen molar-refractivity contribution in [1.82, 2.24) is 15.4 Å². The van der Waals surface area contributed by atoms with E-state index >= 15 is 0 Å². The Kier molecular flexibility index (Phi) is 4.82. The standard InChI is InChI=1S/C20H18ClF3N4O/c1-12-10-27(14-3-4-16(17(21)8-14)20(22,23)24)11-18-15(9-26-28(12)18)13-5-6-25-19(7-13)29-2/h3-9,11-12,26H,10H2,1-2H3/t12-/m0/s1. The van der Waals surface area contributed by atoms with Crippen molar-refractivity contribution in [1.29, 1.82) is 0 Å². The van der Waals surface area contributed by atoms with Crippen molar-refractivity contribution in [3.63, 3.8) is 0 Å². The maximum absolute atomic E-state index is 13.0. The number of alkyl halides is 3. The zero-order chi connectivity index (χ0) is 20.8. The van der Waals surface area contributed by atoms with E-state index in [9.17, 15) is 13.2 Å². The number of pyridine rings is 1. The van der Waals surface area contributed by atoms with Crippen molar-refractivity contribution in [3.05, 3.63) is 70.8 Å². The van der Waals surface area contributed by atoms with Crippen molar-refractivity contribution < 1.29 is 17.9 Å². The molecule has 152 valence electrons. The summed E-state index contributed by atoms with van der Waals surface area (Å²) in [5, 5.41) is 1.70. The van der Waals surface area contributed by atoms with Gasteiger partial charge in [0.25, 0.3) is 0 Å². The van der Waals surface area contributed by atoms with Crippen molar-refractivity contribution in [3.8, 4) is 5.88 Å². The molecule has 0 radical (unpaired) electrons. The Morgan fingerprint density at radius 3 is 2.72 bits per heavy atom. The molecule has 5 nitrogen and oxygen atoms in total. The van der Waals surface area contributed by atoms with Crippen LogP contribution in [0.1, 0.15) is 18.1 Å². The maximum Gasteiger partial charge on any atom is 0.417 e. The van der Waals surface area contributed by atoms with E-state index in [-0.39, 0.29) is 11.1 Å². The number of fused-ring (bicyclic) bond motifs is 1. The SMILES string of the molecule is COc1cc(C2=CNN3C2=CN(c2ccc(C(F)(F)F)c(Cl)c2)C[C@@H]3C)ccn1. The lowest BCUT2D eigenvalue weighted by Gasteiger charge is -2.38. The van der Waals surface area contributed by atoms with Gasteiger partial charge in [-0.05, 0) is 36.8 Å². The Morgan fingerprint density at radius 1 is 1.24 bits per heavy atom. The van der Waals surface area contributed by atoms with Gasteiger partial charge in [-0.25, -0.2) is 4.98 Å². The predicted octanol–water partition coefficient (Wildman–Crippen LogP) is 4.67. The number of nitrogens with one attached hydrogen (secondary N) is 1. The molecule has 1 N–H and O–H groups in total. The minimum Gasteiger partial charge on any atom is -0.481 e. The summed E-state index contributed by atoms with van der Waals surface area (Å²) in [6.45, 7) is 2.61. The number of aromatic nitrogens is 1. The van der Waals surface area contributed by atoms with Crippen LogP contribution in [-0.2, 0) is 6.18 Å². The third-order valence-electron chi connectivity index (χ3n) is 4.91. The largest absolute Gasteiger partial charge is 0.481 e. The maximum atomic E-state index is 13.0. The van der Waals surface area contributed by atoms with Gasteiger partial charge in [0, 0.05) is 42.5 Å². The fraction of sp³-hybridized carbons (Fsp3) is 0.250. The summed E-state index contributed by atoms with van der Waals surface area (Å²) < 4.78 is 44.2. The smallest absolute Gasteiger partial charge is 0.417 e. The minimum atomic E-state index is -4.48. The molecule has 0 amide bonds. The summed E-state index contributed by atoms with van der Waals surface area (Å²) >= 11 is 5.92. The summed E-state index contributed by atoms with van der Waals surface area (Å²) in [5.41, 5.74) is 5.75. The summed E-state index contributed by atoms with van der Waals surface area (Å²) in [7, 11) is 1.55. The summed E-state index contributed by atoms with van der Waals surface area (Å²) in [6, 6.07) is 7.58. The fourth-order valence-corrected chi connectivity index (χ4v) is 3.76. The lowest BCUT2D eigenvalue weighted by Crippen LogP contribution is -2.47. The number of benzene rings is 1. The van der Waals surface area contributed by atoms with Gasteiger partial charge >= 0.3 is 6.18 Å².